The maximum atomic E-state index is 13.4. The summed E-state index contributed by atoms with van der Waals surface area (Å²) in [6.07, 6.45) is 6.07. The minimum atomic E-state index is -0.209. The molecule has 0 spiro atoms. The summed E-state index contributed by atoms with van der Waals surface area (Å²) in [5.41, 5.74) is 3.57. The Morgan fingerprint density at radius 2 is 2.00 bits per heavy atom. The lowest BCUT2D eigenvalue weighted by atomic mass is 9.92. The molecule has 0 amide bonds. The van der Waals surface area contributed by atoms with Crippen LogP contribution in [0.5, 0.6) is 0 Å². The third kappa shape index (κ3) is 1.95. The van der Waals surface area contributed by atoms with Crippen molar-refractivity contribution in [2.75, 3.05) is 0 Å². The molecule has 1 saturated carbocycles. The van der Waals surface area contributed by atoms with Gasteiger partial charge in [0, 0.05) is 21.3 Å². The van der Waals surface area contributed by atoms with E-state index in [9.17, 15) is 4.39 Å². The van der Waals surface area contributed by atoms with Gasteiger partial charge in [0.05, 0.1) is 11.4 Å². The van der Waals surface area contributed by atoms with Crippen LogP contribution in [0.15, 0.2) is 38.9 Å². The van der Waals surface area contributed by atoms with Gasteiger partial charge in [-0.3, -0.25) is 4.99 Å². The van der Waals surface area contributed by atoms with E-state index in [-0.39, 0.29) is 5.82 Å². The van der Waals surface area contributed by atoms with Crippen molar-refractivity contribution >= 4 is 46.6 Å². The quantitative estimate of drug-likeness (QED) is 0.703. The molecule has 0 radical (unpaired) electrons. The Morgan fingerprint density at radius 1 is 1.15 bits per heavy atom. The predicted octanol–water partition coefficient (Wildman–Crippen LogP) is 3.69. The van der Waals surface area contributed by atoms with Crippen molar-refractivity contribution in [3.05, 3.63) is 38.8 Å². The van der Waals surface area contributed by atoms with Gasteiger partial charge in [0.15, 0.2) is 0 Å². The number of allylic oxidation sites excluding steroid dienone is 1. The average molecular weight is 379 g/mol. The third-order valence-corrected chi connectivity index (χ3v) is 4.68. The number of aliphatic imine (C=N–C) groups is 3. The molecule has 1 aromatic carbocycles. The van der Waals surface area contributed by atoms with Gasteiger partial charge in [0.2, 0.25) is 0 Å². The molecule has 100 valence electrons. The molecule has 1 fully saturated rings. The molecular weight excluding hydrogens is 368 g/mol. The highest BCUT2D eigenvalue weighted by atomic mass is 127. The molecule has 20 heavy (non-hydrogen) atoms. The van der Waals surface area contributed by atoms with Crippen LogP contribution >= 0.6 is 22.6 Å². The molecule has 3 aliphatic rings. The Kier molecular flexibility index (Phi) is 2.83. The maximum absolute atomic E-state index is 13.4. The van der Waals surface area contributed by atoms with Crippen LogP contribution in [0.2, 0.25) is 0 Å². The molecule has 0 N–H and O–H groups in total. The first-order chi connectivity index (χ1) is 9.74. The summed E-state index contributed by atoms with van der Waals surface area (Å²) in [4.78, 5) is 13.4. The number of fused-ring (bicyclic) bond motifs is 1. The van der Waals surface area contributed by atoms with E-state index >= 15 is 0 Å². The lowest BCUT2D eigenvalue weighted by Gasteiger charge is -2.19. The SMILES string of the molecule is Fc1ccc(C2=C3N=CN=C3C(C3CC3)C=N2)cc1I. The van der Waals surface area contributed by atoms with Gasteiger partial charge in [-0.2, -0.15) is 0 Å². The molecule has 0 saturated heterocycles. The van der Waals surface area contributed by atoms with E-state index in [0.29, 0.717) is 15.4 Å². The minimum Gasteiger partial charge on any atom is -0.258 e. The van der Waals surface area contributed by atoms with Gasteiger partial charge in [-0.1, -0.05) is 0 Å². The second kappa shape index (κ2) is 4.58. The summed E-state index contributed by atoms with van der Waals surface area (Å²) in [7, 11) is 0. The van der Waals surface area contributed by atoms with Crippen LogP contribution in [-0.2, 0) is 0 Å². The van der Waals surface area contributed by atoms with Gasteiger partial charge in [-0.25, -0.2) is 14.4 Å². The largest absolute Gasteiger partial charge is 0.258 e. The summed E-state index contributed by atoms with van der Waals surface area (Å²) in [6.45, 7) is 0. The van der Waals surface area contributed by atoms with Gasteiger partial charge in [-0.15, -0.1) is 0 Å². The fourth-order valence-corrected chi connectivity index (χ4v) is 3.16. The highest BCUT2D eigenvalue weighted by Crippen LogP contribution is 2.42. The van der Waals surface area contributed by atoms with E-state index in [1.54, 1.807) is 18.5 Å². The topological polar surface area (TPSA) is 37.1 Å². The number of hydrogen-bond donors (Lipinski definition) is 0. The first-order valence-electron chi connectivity index (χ1n) is 6.58. The second-order valence-electron chi connectivity index (χ2n) is 5.23. The standard InChI is InChI=1S/C15H11FIN3/c16-11-4-3-9(5-12(11)17)13-15-14(19-7-20-15)10(6-18-13)8-1-2-8/h3-8,10H,1-2H2. The van der Waals surface area contributed by atoms with Gasteiger partial charge < -0.3 is 0 Å². The summed E-state index contributed by atoms with van der Waals surface area (Å²) >= 11 is 1.99. The summed E-state index contributed by atoms with van der Waals surface area (Å²) in [6, 6.07) is 5.03. The van der Waals surface area contributed by atoms with Crippen LogP contribution in [0.4, 0.5) is 4.39 Å². The highest BCUT2D eigenvalue weighted by molar-refractivity contribution is 14.1. The van der Waals surface area contributed by atoms with Crippen molar-refractivity contribution in [1.29, 1.82) is 0 Å². The molecule has 1 atom stereocenters. The number of nitrogens with zero attached hydrogens (tertiary/aromatic N) is 3. The molecule has 2 heterocycles. The van der Waals surface area contributed by atoms with Crippen molar-refractivity contribution in [3.63, 3.8) is 0 Å². The molecule has 1 aliphatic carbocycles. The molecule has 4 rings (SSSR count). The lowest BCUT2D eigenvalue weighted by Crippen LogP contribution is -2.22. The Labute approximate surface area is 129 Å². The van der Waals surface area contributed by atoms with E-state index in [1.165, 1.54) is 18.9 Å². The zero-order chi connectivity index (χ0) is 13.7. The zero-order valence-electron chi connectivity index (χ0n) is 10.6. The first kappa shape index (κ1) is 12.4. The lowest BCUT2D eigenvalue weighted by molar-refractivity contribution is 0.620. The monoisotopic (exact) mass is 379 g/mol. The molecule has 1 unspecified atom stereocenters. The Bertz CT molecular complexity index is 714. The molecule has 1 aromatic rings. The molecule has 0 bridgehead atoms. The van der Waals surface area contributed by atoms with Crippen LogP contribution in [-0.4, -0.2) is 18.3 Å². The van der Waals surface area contributed by atoms with E-state index in [4.69, 9.17) is 0 Å². The third-order valence-electron chi connectivity index (χ3n) is 3.85. The molecule has 5 heteroatoms. The van der Waals surface area contributed by atoms with Crippen molar-refractivity contribution in [1.82, 2.24) is 0 Å². The smallest absolute Gasteiger partial charge is 0.136 e. The van der Waals surface area contributed by atoms with Crippen LogP contribution in [0.1, 0.15) is 18.4 Å². The summed E-state index contributed by atoms with van der Waals surface area (Å²) in [5.74, 6) is 0.763. The van der Waals surface area contributed by atoms with Crippen LogP contribution in [0, 0.1) is 21.2 Å². The maximum Gasteiger partial charge on any atom is 0.136 e. The zero-order valence-corrected chi connectivity index (χ0v) is 12.7. The molecular formula is C15H11FIN3. The van der Waals surface area contributed by atoms with Gasteiger partial charge in [-0.05, 0) is 59.5 Å². The van der Waals surface area contributed by atoms with E-state index in [2.05, 4.69) is 15.0 Å². The fourth-order valence-electron chi connectivity index (χ4n) is 2.64. The summed E-state index contributed by atoms with van der Waals surface area (Å²) in [5, 5.41) is 0. The summed E-state index contributed by atoms with van der Waals surface area (Å²) < 4.78 is 14.0. The molecule has 3 nitrogen and oxygen atoms in total. The predicted molar refractivity (Wildman–Crippen MR) is 86.7 cm³/mol. The van der Waals surface area contributed by atoms with Gasteiger partial charge in [0.1, 0.15) is 17.9 Å². The normalized spacial score (nSPS) is 24.1. The van der Waals surface area contributed by atoms with Crippen LogP contribution in [0.25, 0.3) is 5.70 Å². The average Bonchev–Trinajstić information content (AvgIpc) is 3.17. The second-order valence-corrected chi connectivity index (χ2v) is 6.39. The Balaban J connectivity index is 1.80. The van der Waals surface area contributed by atoms with E-state index in [1.807, 2.05) is 28.8 Å². The van der Waals surface area contributed by atoms with E-state index in [0.717, 1.165) is 22.7 Å². The van der Waals surface area contributed by atoms with Crippen molar-refractivity contribution in [2.24, 2.45) is 26.8 Å². The first-order valence-corrected chi connectivity index (χ1v) is 7.66. The van der Waals surface area contributed by atoms with Crippen LogP contribution in [0.3, 0.4) is 0 Å². The number of halogens is 2. The van der Waals surface area contributed by atoms with Crippen molar-refractivity contribution in [3.8, 4) is 0 Å². The number of rotatable bonds is 2. The number of benzene rings is 1. The fraction of sp³-hybridized carbons (Fsp3) is 0.267. The molecule has 0 aromatic heterocycles. The van der Waals surface area contributed by atoms with Crippen molar-refractivity contribution < 1.29 is 4.39 Å². The van der Waals surface area contributed by atoms with E-state index < -0.39 is 0 Å². The Morgan fingerprint density at radius 3 is 2.75 bits per heavy atom. The highest BCUT2D eigenvalue weighted by Gasteiger charge is 2.38. The Hall–Kier alpha value is -1.37. The van der Waals surface area contributed by atoms with Crippen molar-refractivity contribution in [2.45, 2.75) is 12.8 Å². The van der Waals surface area contributed by atoms with Gasteiger partial charge in [0.25, 0.3) is 0 Å². The number of hydrogen-bond acceptors (Lipinski definition) is 3. The van der Waals surface area contributed by atoms with Gasteiger partial charge >= 0.3 is 0 Å². The molecule has 2 aliphatic heterocycles. The minimum absolute atomic E-state index is 0.209. The van der Waals surface area contributed by atoms with Crippen LogP contribution < -0.4 is 0 Å².